The Bertz CT molecular complexity index is 378. The van der Waals surface area contributed by atoms with Crippen LogP contribution in [0.1, 0.15) is 30.5 Å². The summed E-state index contributed by atoms with van der Waals surface area (Å²) in [7, 11) is 2.14. The van der Waals surface area contributed by atoms with E-state index in [1.807, 2.05) is 6.07 Å². The summed E-state index contributed by atoms with van der Waals surface area (Å²) in [6, 6.07) is 6.68. The molecule has 0 bridgehead atoms. The van der Waals surface area contributed by atoms with Crippen LogP contribution in [0.5, 0.6) is 0 Å². The molecule has 1 aliphatic rings. The van der Waals surface area contributed by atoms with Gasteiger partial charge >= 0.3 is 0 Å². The van der Waals surface area contributed by atoms with Crippen molar-refractivity contribution in [1.82, 2.24) is 4.90 Å². The molecule has 1 aromatic carbocycles. The Morgan fingerprint density at radius 1 is 1.56 bits per heavy atom. The first-order valence-corrected chi connectivity index (χ1v) is 6.25. The average Bonchev–Trinajstić information content (AvgIpc) is 2.28. The predicted octanol–water partition coefficient (Wildman–Crippen LogP) is 2.61. The molecule has 2 nitrogen and oxygen atoms in total. The van der Waals surface area contributed by atoms with E-state index in [2.05, 4.69) is 31.0 Å². The van der Waals surface area contributed by atoms with E-state index in [1.54, 1.807) is 0 Å². The number of likely N-dealkylation sites (N-methyl/N-ethyl adjacent to an activating group) is 1. The van der Waals surface area contributed by atoms with E-state index in [0.717, 1.165) is 24.4 Å². The number of hydrogen-bond acceptors (Lipinski definition) is 2. The van der Waals surface area contributed by atoms with E-state index < -0.39 is 0 Å². The van der Waals surface area contributed by atoms with Crippen molar-refractivity contribution in [2.24, 2.45) is 5.73 Å². The molecule has 0 aromatic heterocycles. The summed E-state index contributed by atoms with van der Waals surface area (Å²) in [6.07, 6.45) is 2.08. The maximum Gasteiger partial charge on any atom is 0.0499 e. The molecular formula is C13H19ClN2. The van der Waals surface area contributed by atoms with Gasteiger partial charge in [-0.3, -0.25) is 4.90 Å². The molecule has 1 heterocycles. The van der Waals surface area contributed by atoms with Gasteiger partial charge in [0.25, 0.3) is 0 Å². The zero-order chi connectivity index (χ0) is 11.7. The van der Waals surface area contributed by atoms with Crippen LogP contribution in [0, 0.1) is 0 Å². The van der Waals surface area contributed by atoms with Gasteiger partial charge in [0.05, 0.1) is 0 Å². The Balaban J connectivity index is 2.42. The highest BCUT2D eigenvalue weighted by molar-refractivity contribution is 6.30. The van der Waals surface area contributed by atoms with Crippen molar-refractivity contribution < 1.29 is 0 Å². The summed E-state index contributed by atoms with van der Waals surface area (Å²) < 4.78 is 0. The zero-order valence-electron chi connectivity index (χ0n) is 9.91. The van der Waals surface area contributed by atoms with Gasteiger partial charge in [0, 0.05) is 23.7 Å². The van der Waals surface area contributed by atoms with Crippen molar-refractivity contribution in [3.63, 3.8) is 0 Å². The maximum atomic E-state index is 6.22. The monoisotopic (exact) mass is 238 g/mol. The SMILES string of the molecule is CCC(N)C1c2cc(Cl)ccc2CCN1C. The van der Waals surface area contributed by atoms with Gasteiger partial charge < -0.3 is 5.73 Å². The van der Waals surface area contributed by atoms with Crippen molar-refractivity contribution in [3.05, 3.63) is 34.3 Å². The van der Waals surface area contributed by atoms with Crippen molar-refractivity contribution in [2.75, 3.05) is 13.6 Å². The third-order valence-corrected chi connectivity index (χ3v) is 3.75. The van der Waals surface area contributed by atoms with Crippen LogP contribution in [0.4, 0.5) is 0 Å². The Morgan fingerprint density at radius 2 is 2.31 bits per heavy atom. The third kappa shape index (κ3) is 2.10. The van der Waals surface area contributed by atoms with Gasteiger partial charge in [-0.1, -0.05) is 24.6 Å². The molecule has 16 heavy (non-hydrogen) atoms. The van der Waals surface area contributed by atoms with Crippen LogP contribution in [-0.4, -0.2) is 24.5 Å². The molecule has 2 atom stereocenters. The molecule has 0 saturated heterocycles. The second kappa shape index (κ2) is 4.74. The van der Waals surface area contributed by atoms with Crippen LogP contribution in [0.2, 0.25) is 5.02 Å². The van der Waals surface area contributed by atoms with Crippen LogP contribution in [-0.2, 0) is 6.42 Å². The van der Waals surface area contributed by atoms with Crippen LogP contribution >= 0.6 is 11.6 Å². The molecular weight excluding hydrogens is 220 g/mol. The van der Waals surface area contributed by atoms with Gasteiger partial charge in [-0.05, 0) is 43.1 Å². The molecule has 3 heteroatoms. The first kappa shape index (κ1) is 11.9. The lowest BCUT2D eigenvalue weighted by Crippen LogP contribution is -2.42. The number of rotatable bonds is 2. The second-order valence-corrected chi connectivity index (χ2v) is 5.03. The van der Waals surface area contributed by atoms with Crippen LogP contribution in [0.3, 0.4) is 0 Å². The van der Waals surface area contributed by atoms with E-state index >= 15 is 0 Å². The number of hydrogen-bond donors (Lipinski definition) is 1. The Morgan fingerprint density at radius 3 is 3.00 bits per heavy atom. The number of halogens is 1. The Labute approximate surface area is 102 Å². The molecule has 0 amide bonds. The summed E-state index contributed by atoms with van der Waals surface area (Å²) in [5.41, 5.74) is 8.93. The van der Waals surface area contributed by atoms with Crippen LogP contribution < -0.4 is 5.73 Å². The lowest BCUT2D eigenvalue weighted by molar-refractivity contribution is 0.197. The lowest BCUT2D eigenvalue weighted by atomic mass is 9.88. The smallest absolute Gasteiger partial charge is 0.0499 e. The fraction of sp³-hybridized carbons (Fsp3) is 0.538. The minimum absolute atomic E-state index is 0.183. The van der Waals surface area contributed by atoms with Gasteiger partial charge in [-0.25, -0.2) is 0 Å². The highest BCUT2D eigenvalue weighted by Crippen LogP contribution is 2.33. The molecule has 1 aromatic rings. The van der Waals surface area contributed by atoms with Gasteiger partial charge in [0.1, 0.15) is 0 Å². The van der Waals surface area contributed by atoms with Gasteiger partial charge in [-0.2, -0.15) is 0 Å². The molecule has 0 aliphatic carbocycles. The summed E-state index contributed by atoms with van der Waals surface area (Å²) >= 11 is 6.08. The Kier molecular flexibility index (Phi) is 3.53. The molecule has 88 valence electrons. The van der Waals surface area contributed by atoms with Crippen molar-refractivity contribution in [2.45, 2.75) is 31.8 Å². The lowest BCUT2D eigenvalue weighted by Gasteiger charge is -2.38. The van der Waals surface area contributed by atoms with E-state index in [9.17, 15) is 0 Å². The Hall–Kier alpha value is -0.570. The normalized spacial score (nSPS) is 22.9. The summed E-state index contributed by atoms with van der Waals surface area (Å²) in [5.74, 6) is 0. The molecule has 1 aliphatic heterocycles. The van der Waals surface area contributed by atoms with E-state index in [0.29, 0.717) is 6.04 Å². The standard InChI is InChI=1S/C13H19ClN2/c1-3-12(15)13-11-8-10(14)5-4-9(11)6-7-16(13)2/h4-5,8,12-13H,3,6-7,15H2,1-2H3. The van der Waals surface area contributed by atoms with E-state index in [1.165, 1.54) is 11.1 Å². The number of nitrogens with zero attached hydrogens (tertiary/aromatic N) is 1. The topological polar surface area (TPSA) is 29.3 Å². The first-order valence-electron chi connectivity index (χ1n) is 5.87. The minimum atomic E-state index is 0.183. The fourth-order valence-electron chi connectivity index (χ4n) is 2.52. The maximum absolute atomic E-state index is 6.22. The molecule has 2 rings (SSSR count). The molecule has 0 spiro atoms. The van der Waals surface area contributed by atoms with Gasteiger partial charge in [0.2, 0.25) is 0 Å². The minimum Gasteiger partial charge on any atom is -0.326 e. The summed E-state index contributed by atoms with van der Waals surface area (Å²) in [5, 5.41) is 0.808. The van der Waals surface area contributed by atoms with Crippen molar-refractivity contribution in [3.8, 4) is 0 Å². The van der Waals surface area contributed by atoms with Crippen molar-refractivity contribution >= 4 is 11.6 Å². The number of fused-ring (bicyclic) bond motifs is 1. The highest BCUT2D eigenvalue weighted by Gasteiger charge is 2.28. The van der Waals surface area contributed by atoms with Crippen molar-refractivity contribution in [1.29, 1.82) is 0 Å². The number of nitrogens with two attached hydrogens (primary N) is 1. The fourth-order valence-corrected chi connectivity index (χ4v) is 2.70. The summed E-state index contributed by atoms with van der Waals surface area (Å²) in [6.45, 7) is 3.21. The molecule has 0 fully saturated rings. The number of benzene rings is 1. The quantitative estimate of drug-likeness (QED) is 0.858. The average molecular weight is 239 g/mol. The molecule has 0 saturated carbocycles. The van der Waals surface area contributed by atoms with Crippen LogP contribution in [0.15, 0.2) is 18.2 Å². The van der Waals surface area contributed by atoms with Gasteiger partial charge in [0.15, 0.2) is 0 Å². The second-order valence-electron chi connectivity index (χ2n) is 4.59. The zero-order valence-corrected chi connectivity index (χ0v) is 10.7. The predicted molar refractivity (Wildman–Crippen MR) is 68.8 cm³/mol. The largest absolute Gasteiger partial charge is 0.326 e. The van der Waals surface area contributed by atoms with E-state index in [4.69, 9.17) is 17.3 Å². The molecule has 2 unspecified atom stereocenters. The third-order valence-electron chi connectivity index (χ3n) is 3.51. The van der Waals surface area contributed by atoms with Crippen LogP contribution in [0.25, 0.3) is 0 Å². The molecule has 0 radical (unpaired) electrons. The van der Waals surface area contributed by atoms with E-state index in [-0.39, 0.29) is 6.04 Å². The molecule has 2 N–H and O–H groups in total. The summed E-state index contributed by atoms with van der Waals surface area (Å²) in [4.78, 5) is 2.34. The highest BCUT2D eigenvalue weighted by atomic mass is 35.5. The first-order chi connectivity index (χ1) is 7.63. The van der Waals surface area contributed by atoms with Gasteiger partial charge in [-0.15, -0.1) is 0 Å².